The van der Waals surface area contributed by atoms with Crippen molar-refractivity contribution in [3.05, 3.63) is 0 Å². The second kappa shape index (κ2) is 3.53. The van der Waals surface area contributed by atoms with Gasteiger partial charge in [-0.1, -0.05) is 0 Å². The molecule has 2 N–H and O–H groups in total. The molecule has 5 nitrogen and oxygen atoms in total. The van der Waals surface area contributed by atoms with Crippen molar-refractivity contribution < 1.29 is 13.9 Å². The van der Waals surface area contributed by atoms with E-state index in [1.54, 1.807) is 0 Å². The number of rotatable bonds is 1. The Bertz CT molecular complexity index is 234. The highest BCUT2D eigenvalue weighted by Crippen LogP contribution is 1.92. The molecule has 1 rings (SSSR count). The van der Waals surface area contributed by atoms with Crippen molar-refractivity contribution in [1.82, 2.24) is 10.6 Å². The molecule has 1 atom stereocenters. The lowest BCUT2D eigenvalue weighted by Crippen LogP contribution is -2.50. The molecule has 12 heavy (non-hydrogen) atoms. The summed E-state index contributed by atoms with van der Waals surface area (Å²) in [6.07, 6.45) is 1.86. The Labute approximate surface area is 72.3 Å². The fourth-order valence-electron chi connectivity index (χ4n) is 1.16. The highest BCUT2D eigenvalue weighted by Gasteiger charge is 2.28. The Morgan fingerprint density at radius 2 is 2.08 bits per heavy atom. The van der Waals surface area contributed by atoms with Gasteiger partial charge in [0.1, 0.15) is 14.1 Å². The van der Waals surface area contributed by atoms with Crippen molar-refractivity contribution in [3.8, 4) is 0 Å². The van der Waals surface area contributed by atoms with Crippen molar-refractivity contribution in [2.75, 3.05) is 28.2 Å². The molecule has 0 bridgehead atoms. The third-order valence-electron chi connectivity index (χ3n) is 1.73. The fraction of sp³-hybridized carbons (Fsp3) is 0.714. The molecule has 0 aliphatic carbocycles. The van der Waals surface area contributed by atoms with Crippen molar-refractivity contribution in [2.45, 2.75) is 6.35 Å². The van der Waals surface area contributed by atoms with Gasteiger partial charge in [-0.15, -0.1) is 4.58 Å². The van der Waals surface area contributed by atoms with Gasteiger partial charge in [0.05, 0.1) is 7.05 Å². The van der Waals surface area contributed by atoms with Gasteiger partial charge in [-0.05, 0) is 7.05 Å². The predicted octanol–water partition coefficient (Wildman–Crippen LogP) is -1.59. The summed E-state index contributed by atoms with van der Waals surface area (Å²) in [5.74, 6) is 0. The van der Waals surface area contributed by atoms with Crippen LogP contribution in [0.1, 0.15) is 0 Å². The van der Waals surface area contributed by atoms with Crippen LogP contribution in [0.25, 0.3) is 0 Å². The van der Waals surface area contributed by atoms with Crippen LogP contribution in [0.15, 0.2) is 0 Å². The maximum absolute atomic E-state index is 5.52. The first-order valence-corrected chi connectivity index (χ1v) is 3.87. The minimum atomic E-state index is -0.0938. The Hall–Kier alpha value is -1.10. The highest BCUT2D eigenvalue weighted by molar-refractivity contribution is 5.71. The van der Waals surface area contributed by atoms with E-state index in [1.807, 2.05) is 43.7 Å². The summed E-state index contributed by atoms with van der Waals surface area (Å²) in [7, 11) is 7.56. The smallest absolute Gasteiger partial charge is 0.354 e. The molecule has 1 aliphatic heterocycles. The molecule has 0 aromatic heterocycles. The van der Waals surface area contributed by atoms with Gasteiger partial charge in [-0.25, -0.2) is 10.6 Å². The van der Waals surface area contributed by atoms with Crippen LogP contribution in [0, 0.1) is 0 Å². The zero-order valence-corrected chi connectivity index (χ0v) is 7.96. The van der Waals surface area contributed by atoms with Crippen LogP contribution in [0.5, 0.6) is 0 Å². The van der Waals surface area contributed by atoms with Crippen LogP contribution in [0.4, 0.5) is 0 Å². The minimum absolute atomic E-state index is 0.0938. The van der Waals surface area contributed by atoms with Gasteiger partial charge in [0.15, 0.2) is 0 Å². The van der Waals surface area contributed by atoms with Gasteiger partial charge < -0.3 is 4.74 Å². The van der Waals surface area contributed by atoms with E-state index in [-0.39, 0.29) is 6.35 Å². The summed E-state index contributed by atoms with van der Waals surface area (Å²) in [5, 5.41) is 5.98. The van der Waals surface area contributed by atoms with Gasteiger partial charge >= 0.3 is 18.7 Å². The predicted molar refractivity (Wildman–Crippen MR) is 46.4 cm³/mol. The van der Waals surface area contributed by atoms with Crippen LogP contribution in [-0.4, -0.2) is 56.1 Å². The summed E-state index contributed by atoms with van der Waals surface area (Å²) in [4.78, 5) is 0. The lowest BCUT2D eigenvalue weighted by Gasteiger charge is -2.16. The third kappa shape index (κ3) is 1.55. The van der Waals surface area contributed by atoms with Crippen LogP contribution in [0.3, 0.4) is 0 Å². The Kier molecular flexibility index (Phi) is 2.65. The number of nitrogens with one attached hydrogen (secondary N) is 2. The SMILES string of the molecule is CNC1=[N+](C)C=[N+](C)C(NC)O1. The monoisotopic (exact) mass is 172 g/mol. The summed E-state index contributed by atoms with van der Waals surface area (Å²) >= 11 is 0. The molecule has 0 fully saturated rings. The zero-order chi connectivity index (χ0) is 9.14. The average molecular weight is 172 g/mol. The number of amidine groups is 1. The maximum Gasteiger partial charge on any atom is 0.515 e. The molecule has 0 radical (unpaired) electrons. The summed E-state index contributed by atoms with van der Waals surface area (Å²) in [6.45, 7) is 0. The summed E-state index contributed by atoms with van der Waals surface area (Å²) in [5.41, 5.74) is 0. The van der Waals surface area contributed by atoms with E-state index >= 15 is 0 Å². The van der Waals surface area contributed by atoms with Crippen molar-refractivity contribution >= 4 is 12.4 Å². The van der Waals surface area contributed by atoms with Gasteiger partial charge in [-0.3, -0.25) is 0 Å². The molecule has 0 saturated carbocycles. The van der Waals surface area contributed by atoms with Gasteiger partial charge in [0.2, 0.25) is 0 Å². The van der Waals surface area contributed by atoms with Crippen molar-refractivity contribution in [2.24, 2.45) is 0 Å². The van der Waals surface area contributed by atoms with Crippen LogP contribution >= 0.6 is 0 Å². The lowest BCUT2D eigenvalue weighted by molar-refractivity contribution is -0.637. The first-order chi connectivity index (χ1) is 5.69. The van der Waals surface area contributed by atoms with Crippen molar-refractivity contribution in [3.63, 3.8) is 0 Å². The number of hydrogen-bond acceptors (Lipinski definition) is 3. The normalized spacial score (nSPS) is 23.3. The number of nitrogens with zero attached hydrogens (tertiary/aromatic N) is 2. The van der Waals surface area contributed by atoms with E-state index in [2.05, 4.69) is 10.6 Å². The average Bonchev–Trinajstić information content (AvgIpc) is 2.05. The Morgan fingerprint density at radius 1 is 1.42 bits per heavy atom. The fourth-order valence-corrected chi connectivity index (χ4v) is 1.16. The van der Waals surface area contributed by atoms with E-state index in [4.69, 9.17) is 4.74 Å². The molecule has 1 unspecified atom stereocenters. The standard InChI is InChI=1S/C7H15N4O/c1-8-6-10(3)5-11(4)7(9-2)12-6/h5-6,8H,1-4H3/q+1/p+1. The van der Waals surface area contributed by atoms with Crippen LogP contribution in [0.2, 0.25) is 0 Å². The molecular weight excluding hydrogens is 156 g/mol. The molecule has 5 heteroatoms. The topological polar surface area (TPSA) is 39.3 Å². The molecule has 1 heterocycles. The van der Waals surface area contributed by atoms with E-state index < -0.39 is 0 Å². The van der Waals surface area contributed by atoms with E-state index in [0.29, 0.717) is 0 Å². The molecule has 0 amide bonds. The summed E-state index contributed by atoms with van der Waals surface area (Å²) in [6, 6.07) is 0.743. The van der Waals surface area contributed by atoms with E-state index in [1.165, 1.54) is 0 Å². The first-order valence-electron chi connectivity index (χ1n) is 3.87. The number of ether oxygens (including phenoxy) is 1. The summed E-state index contributed by atoms with van der Waals surface area (Å²) < 4.78 is 9.35. The number of hydrogen-bond donors (Lipinski definition) is 2. The quantitative estimate of drug-likeness (QED) is 0.468. The van der Waals surface area contributed by atoms with Gasteiger partial charge in [0, 0.05) is 0 Å². The first kappa shape index (κ1) is 8.99. The lowest BCUT2D eigenvalue weighted by atomic mass is 10.7. The minimum Gasteiger partial charge on any atom is -0.354 e. The molecular formula is C7H16N4O+2. The molecule has 0 saturated heterocycles. The van der Waals surface area contributed by atoms with E-state index in [0.717, 1.165) is 6.02 Å². The second-order valence-corrected chi connectivity index (χ2v) is 2.71. The zero-order valence-electron chi connectivity index (χ0n) is 7.96. The second-order valence-electron chi connectivity index (χ2n) is 2.71. The van der Waals surface area contributed by atoms with Crippen LogP contribution in [-0.2, 0) is 4.74 Å². The van der Waals surface area contributed by atoms with E-state index in [9.17, 15) is 0 Å². The molecule has 0 aromatic rings. The molecule has 1 aliphatic rings. The van der Waals surface area contributed by atoms with Crippen molar-refractivity contribution in [1.29, 1.82) is 0 Å². The molecule has 0 aromatic carbocycles. The third-order valence-corrected chi connectivity index (χ3v) is 1.73. The maximum atomic E-state index is 5.52. The molecule has 68 valence electrons. The largest absolute Gasteiger partial charge is 0.515 e. The highest BCUT2D eigenvalue weighted by atomic mass is 16.5. The van der Waals surface area contributed by atoms with Gasteiger partial charge in [0.25, 0.3) is 0 Å². The van der Waals surface area contributed by atoms with Gasteiger partial charge in [-0.2, -0.15) is 4.58 Å². The Morgan fingerprint density at radius 3 is 2.58 bits per heavy atom. The molecule has 0 spiro atoms. The van der Waals surface area contributed by atoms with Crippen LogP contribution < -0.4 is 10.6 Å². The Balaban J connectivity index is 2.83.